The number of aromatic nitrogens is 1. The second-order valence-electron chi connectivity index (χ2n) is 4.88. The number of ether oxygens (including phenoxy) is 1. The van der Waals surface area contributed by atoms with Gasteiger partial charge in [-0.25, -0.2) is 4.39 Å². The lowest BCUT2D eigenvalue weighted by molar-refractivity contribution is 0.103. The average Bonchev–Trinajstić information content (AvgIpc) is 2.93. The monoisotopic (exact) mass is 283 g/mol. The van der Waals surface area contributed by atoms with E-state index >= 15 is 0 Å². The van der Waals surface area contributed by atoms with Crippen molar-refractivity contribution in [1.29, 1.82) is 0 Å². The van der Waals surface area contributed by atoms with Crippen LogP contribution in [0.5, 0.6) is 5.75 Å². The van der Waals surface area contributed by atoms with Crippen molar-refractivity contribution in [2.24, 2.45) is 0 Å². The van der Waals surface area contributed by atoms with Crippen molar-refractivity contribution in [3.05, 3.63) is 65.1 Å². The van der Waals surface area contributed by atoms with Crippen molar-refractivity contribution in [3.8, 4) is 5.75 Å². The first-order valence-corrected chi connectivity index (χ1v) is 6.56. The van der Waals surface area contributed by atoms with E-state index in [9.17, 15) is 9.18 Å². The summed E-state index contributed by atoms with van der Waals surface area (Å²) in [4.78, 5) is 15.7. The van der Waals surface area contributed by atoms with E-state index in [1.54, 1.807) is 38.4 Å². The summed E-state index contributed by atoms with van der Waals surface area (Å²) in [6.07, 6.45) is 1.63. The number of fused-ring (bicyclic) bond motifs is 1. The number of nitrogens with one attached hydrogen (secondary N) is 1. The van der Waals surface area contributed by atoms with E-state index in [0.29, 0.717) is 27.8 Å². The van der Waals surface area contributed by atoms with Gasteiger partial charge in [0, 0.05) is 17.3 Å². The zero-order valence-electron chi connectivity index (χ0n) is 11.7. The molecular formula is C17H14FNO2. The van der Waals surface area contributed by atoms with Crippen LogP contribution in [0.15, 0.2) is 42.6 Å². The number of rotatable bonds is 3. The Balaban J connectivity index is 2.15. The number of carbonyl (C=O) groups is 1. The van der Waals surface area contributed by atoms with Crippen LogP contribution in [0.1, 0.15) is 21.5 Å². The van der Waals surface area contributed by atoms with Crippen LogP contribution in [0, 0.1) is 12.7 Å². The van der Waals surface area contributed by atoms with Crippen molar-refractivity contribution < 1.29 is 13.9 Å². The van der Waals surface area contributed by atoms with Crippen LogP contribution >= 0.6 is 0 Å². The maximum Gasteiger partial charge on any atom is 0.195 e. The Hall–Kier alpha value is -2.62. The zero-order valence-corrected chi connectivity index (χ0v) is 11.7. The van der Waals surface area contributed by atoms with Crippen molar-refractivity contribution in [2.45, 2.75) is 6.92 Å². The molecule has 0 unspecified atom stereocenters. The molecular weight excluding hydrogens is 269 g/mol. The molecule has 3 nitrogen and oxygen atoms in total. The third kappa shape index (κ3) is 2.18. The maximum absolute atomic E-state index is 13.7. The number of carbonyl (C=O) groups excluding carboxylic acids is 1. The van der Waals surface area contributed by atoms with Gasteiger partial charge in [-0.1, -0.05) is 18.2 Å². The summed E-state index contributed by atoms with van der Waals surface area (Å²) in [6.45, 7) is 1.66. The van der Waals surface area contributed by atoms with Gasteiger partial charge in [0.1, 0.15) is 11.6 Å². The average molecular weight is 283 g/mol. The van der Waals surface area contributed by atoms with E-state index in [1.807, 2.05) is 12.1 Å². The van der Waals surface area contributed by atoms with Crippen LogP contribution in [-0.4, -0.2) is 17.9 Å². The van der Waals surface area contributed by atoms with Crippen molar-refractivity contribution >= 4 is 16.7 Å². The molecule has 0 bridgehead atoms. The summed E-state index contributed by atoms with van der Waals surface area (Å²) in [5.41, 5.74) is 2.13. The molecule has 0 atom stereocenters. The summed E-state index contributed by atoms with van der Waals surface area (Å²) in [6, 6.07) is 10.0. The smallest absolute Gasteiger partial charge is 0.195 e. The van der Waals surface area contributed by atoms with Crippen molar-refractivity contribution in [1.82, 2.24) is 4.98 Å². The molecule has 2 aromatic carbocycles. The largest absolute Gasteiger partial charge is 0.496 e. The van der Waals surface area contributed by atoms with Gasteiger partial charge in [0.2, 0.25) is 0 Å². The first-order valence-electron chi connectivity index (χ1n) is 6.56. The zero-order chi connectivity index (χ0) is 15.0. The van der Waals surface area contributed by atoms with E-state index < -0.39 is 0 Å². The number of aryl methyl sites for hydroxylation is 1. The van der Waals surface area contributed by atoms with E-state index in [0.717, 1.165) is 5.52 Å². The van der Waals surface area contributed by atoms with Crippen LogP contribution in [-0.2, 0) is 0 Å². The molecule has 0 fully saturated rings. The van der Waals surface area contributed by atoms with Crippen LogP contribution in [0.2, 0.25) is 0 Å². The van der Waals surface area contributed by atoms with Gasteiger partial charge in [-0.2, -0.15) is 0 Å². The number of methoxy groups -OCH3 is 1. The minimum Gasteiger partial charge on any atom is -0.496 e. The SMILES string of the molecule is COc1cccc2[nH]cc(C(=O)c3ccc(C)c(F)c3)c12. The predicted molar refractivity (Wildman–Crippen MR) is 79.4 cm³/mol. The molecule has 1 N–H and O–H groups in total. The molecule has 106 valence electrons. The summed E-state index contributed by atoms with van der Waals surface area (Å²) in [5.74, 6) is 0.00184. The Morgan fingerprint density at radius 3 is 2.76 bits per heavy atom. The standard InChI is InChI=1S/C17H14FNO2/c1-10-6-7-11(8-13(10)18)17(20)12-9-19-14-4-3-5-15(21-2)16(12)14/h3-9,19H,1-2H3. The summed E-state index contributed by atoms with van der Waals surface area (Å²) in [5, 5.41) is 0.714. The van der Waals surface area contributed by atoms with E-state index in [-0.39, 0.29) is 11.6 Å². The second-order valence-corrected chi connectivity index (χ2v) is 4.88. The van der Waals surface area contributed by atoms with E-state index in [4.69, 9.17) is 4.74 Å². The molecule has 0 spiro atoms. The first kappa shape index (κ1) is 13.4. The predicted octanol–water partition coefficient (Wildman–Crippen LogP) is 3.86. The lowest BCUT2D eigenvalue weighted by atomic mass is 10.0. The minimum absolute atomic E-state index is 0.232. The highest BCUT2D eigenvalue weighted by Crippen LogP contribution is 2.30. The Bertz CT molecular complexity index is 836. The molecule has 0 amide bonds. The summed E-state index contributed by atoms with van der Waals surface area (Å²) >= 11 is 0. The van der Waals surface area contributed by atoms with Gasteiger partial charge >= 0.3 is 0 Å². The fourth-order valence-electron chi connectivity index (χ4n) is 2.39. The van der Waals surface area contributed by atoms with Gasteiger partial charge in [0.25, 0.3) is 0 Å². The molecule has 3 aromatic rings. The number of halogens is 1. The highest BCUT2D eigenvalue weighted by molar-refractivity contribution is 6.17. The van der Waals surface area contributed by atoms with Gasteiger partial charge in [0.05, 0.1) is 18.1 Å². The molecule has 4 heteroatoms. The van der Waals surface area contributed by atoms with Crippen LogP contribution in [0.25, 0.3) is 10.9 Å². The maximum atomic E-state index is 13.7. The molecule has 0 radical (unpaired) electrons. The molecule has 0 saturated heterocycles. The van der Waals surface area contributed by atoms with Gasteiger partial charge in [-0.15, -0.1) is 0 Å². The number of hydrogen-bond acceptors (Lipinski definition) is 2. The van der Waals surface area contributed by atoms with Crippen molar-refractivity contribution in [3.63, 3.8) is 0 Å². The molecule has 0 aliphatic carbocycles. The number of H-pyrrole nitrogens is 1. The topological polar surface area (TPSA) is 42.1 Å². The fraction of sp³-hybridized carbons (Fsp3) is 0.118. The van der Waals surface area contributed by atoms with Gasteiger partial charge in [0.15, 0.2) is 5.78 Å². The molecule has 21 heavy (non-hydrogen) atoms. The van der Waals surface area contributed by atoms with Crippen LogP contribution in [0.4, 0.5) is 4.39 Å². The molecule has 0 aliphatic rings. The van der Waals surface area contributed by atoms with Gasteiger partial charge < -0.3 is 9.72 Å². The first-order chi connectivity index (χ1) is 10.1. The van der Waals surface area contributed by atoms with Crippen LogP contribution in [0.3, 0.4) is 0 Å². The number of ketones is 1. The Morgan fingerprint density at radius 2 is 2.05 bits per heavy atom. The quantitative estimate of drug-likeness (QED) is 0.742. The van der Waals surface area contributed by atoms with Gasteiger partial charge in [-0.05, 0) is 30.7 Å². The molecule has 0 aliphatic heterocycles. The summed E-state index contributed by atoms with van der Waals surface area (Å²) in [7, 11) is 1.56. The molecule has 3 rings (SSSR count). The Labute approximate surface area is 121 Å². The number of hydrogen-bond donors (Lipinski definition) is 1. The highest BCUT2D eigenvalue weighted by Gasteiger charge is 2.18. The molecule has 1 aromatic heterocycles. The lowest BCUT2D eigenvalue weighted by Crippen LogP contribution is -2.02. The minimum atomic E-state index is -0.382. The highest BCUT2D eigenvalue weighted by atomic mass is 19.1. The third-order valence-electron chi connectivity index (χ3n) is 3.57. The normalized spacial score (nSPS) is 10.8. The number of benzene rings is 2. The van der Waals surface area contributed by atoms with E-state index in [2.05, 4.69) is 4.98 Å². The van der Waals surface area contributed by atoms with Crippen molar-refractivity contribution in [2.75, 3.05) is 7.11 Å². The molecule has 1 heterocycles. The lowest BCUT2D eigenvalue weighted by Gasteiger charge is -2.05. The molecule has 0 saturated carbocycles. The van der Waals surface area contributed by atoms with E-state index in [1.165, 1.54) is 6.07 Å². The van der Waals surface area contributed by atoms with Crippen LogP contribution < -0.4 is 4.74 Å². The number of aromatic amines is 1. The Kier molecular flexibility index (Phi) is 3.22. The Morgan fingerprint density at radius 1 is 1.24 bits per heavy atom. The second kappa shape index (κ2) is 5.05. The summed E-state index contributed by atoms with van der Waals surface area (Å²) < 4.78 is 19.0. The third-order valence-corrected chi connectivity index (χ3v) is 3.57. The fourth-order valence-corrected chi connectivity index (χ4v) is 2.39. The van der Waals surface area contributed by atoms with Gasteiger partial charge in [-0.3, -0.25) is 4.79 Å².